The molecule has 7 nitrogen and oxygen atoms in total. The van der Waals surface area contributed by atoms with Crippen molar-refractivity contribution in [3.63, 3.8) is 0 Å². The first-order valence-electron chi connectivity index (χ1n) is 12.2. The minimum atomic E-state index is -4.56. The van der Waals surface area contributed by atoms with Crippen molar-refractivity contribution in [1.82, 2.24) is 25.1 Å². The van der Waals surface area contributed by atoms with Crippen LogP contribution >= 0.6 is 11.8 Å². The van der Waals surface area contributed by atoms with Crippen LogP contribution in [-0.4, -0.2) is 25.7 Å². The van der Waals surface area contributed by atoms with Gasteiger partial charge in [0.05, 0.1) is 22.6 Å². The van der Waals surface area contributed by atoms with Gasteiger partial charge in [-0.1, -0.05) is 60.3 Å². The molecule has 0 saturated carbocycles. The largest absolute Gasteiger partial charge is 0.447 e. The van der Waals surface area contributed by atoms with E-state index in [1.165, 1.54) is 28.8 Å². The Labute approximate surface area is 238 Å². The lowest BCUT2D eigenvalue weighted by molar-refractivity contribution is -0.138. The third-order valence-corrected chi connectivity index (χ3v) is 6.83. The molecule has 3 aromatic carbocycles. The fourth-order valence-corrected chi connectivity index (χ4v) is 4.73. The molecule has 0 atom stereocenters. The predicted octanol–water partition coefficient (Wildman–Crippen LogP) is 7.18. The maximum absolute atomic E-state index is 13.4. The van der Waals surface area contributed by atoms with Gasteiger partial charge in [-0.2, -0.15) is 26.3 Å². The molecule has 0 radical (unpaired) electrons. The number of aromatic nitrogens is 4. The van der Waals surface area contributed by atoms with Crippen molar-refractivity contribution in [2.24, 2.45) is 0 Å². The molecule has 0 aliphatic carbocycles. The SMILES string of the molecule is O=C(NCc1cccc(C(F)(F)F)c1)c1coc(CSc2nnc(-c3ccccc3)n2-c2cccc(C(F)(F)F)c2)n1. The average molecular weight is 604 g/mol. The quantitative estimate of drug-likeness (QED) is 0.149. The fourth-order valence-electron chi connectivity index (χ4n) is 3.93. The Balaban J connectivity index is 1.32. The summed E-state index contributed by atoms with van der Waals surface area (Å²) >= 11 is 1.08. The van der Waals surface area contributed by atoms with Crippen molar-refractivity contribution in [2.75, 3.05) is 0 Å². The summed E-state index contributed by atoms with van der Waals surface area (Å²) in [6.45, 7) is -0.165. The van der Waals surface area contributed by atoms with Crippen molar-refractivity contribution < 1.29 is 35.6 Å². The second-order valence-corrected chi connectivity index (χ2v) is 9.79. The van der Waals surface area contributed by atoms with Crippen LogP contribution in [0.3, 0.4) is 0 Å². The summed E-state index contributed by atoms with van der Waals surface area (Å²) in [6.07, 6.45) is -7.96. The molecule has 0 bridgehead atoms. The monoisotopic (exact) mass is 603 g/mol. The van der Waals surface area contributed by atoms with Gasteiger partial charge in [0.25, 0.3) is 5.91 Å². The van der Waals surface area contributed by atoms with Crippen molar-refractivity contribution in [3.8, 4) is 17.1 Å². The molecular weight excluding hydrogens is 584 g/mol. The van der Waals surface area contributed by atoms with Gasteiger partial charge in [-0.05, 0) is 35.9 Å². The Kier molecular flexibility index (Phi) is 8.07. The molecule has 216 valence electrons. The van der Waals surface area contributed by atoms with Gasteiger partial charge in [-0.3, -0.25) is 9.36 Å². The van der Waals surface area contributed by atoms with E-state index >= 15 is 0 Å². The Morgan fingerprint density at radius 2 is 1.55 bits per heavy atom. The number of nitrogens with zero attached hydrogens (tertiary/aromatic N) is 4. The van der Waals surface area contributed by atoms with Crippen LogP contribution in [-0.2, 0) is 24.7 Å². The molecule has 5 aromatic rings. The van der Waals surface area contributed by atoms with Crippen LogP contribution in [0.15, 0.2) is 94.7 Å². The zero-order chi connectivity index (χ0) is 29.9. The molecule has 0 spiro atoms. The van der Waals surface area contributed by atoms with Gasteiger partial charge < -0.3 is 9.73 Å². The van der Waals surface area contributed by atoms with Crippen LogP contribution in [0.5, 0.6) is 0 Å². The lowest BCUT2D eigenvalue weighted by atomic mass is 10.1. The van der Waals surface area contributed by atoms with E-state index in [0.717, 1.165) is 42.3 Å². The lowest BCUT2D eigenvalue weighted by Crippen LogP contribution is -2.23. The number of hydrogen-bond donors (Lipinski definition) is 1. The predicted molar refractivity (Wildman–Crippen MR) is 140 cm³/mol. The summed E-state index contributed by atoms with van der Waals surface area (Å²) in [6, 6.07) is 18.2. The summed E-state index contributed by atoms with van der Waals surface area (Å²) in [5.74, 6) is -0.179. The smallest absolute Gasteiger partial charge is 0.416 e. The second-order valence-electron chi connectivity index (χ2n) is 8.85. The molecule has 1 amide bonds. The third-order valence-electron chi connectivity index (χ3n) is 5.91. The molecule has 14 heteroatoms. The van der Waals surface area contributed by atoms with E-state index in [0.29, 0.717) is 11.4 Å². The van der Waals surface area contributed by atoms with Gasteiger partial charge in [-0.15, -0.1) is 10.2 Å². The summed E-state index contributed by atoms with van der Waals surface area (Å²) in [7, 11) is 0. The highest BCUT2D eigenvalue weighted by Gasteiger charge is 2.31. The maximum atomic E-state index is 13.4. The Bertz CT molecular complexity index is 1700. The zero-order valence-corrected chi connectivity index (χ0v) is 22.1. The van der Waals surface area contributed by atoms with Gasteiger partial charge in [0.1, 0.15) is 6.26 Å². The topological polar surface area (TPSA) is 85.8 Å². The molecule has 0 aliphatic heterocycles. The number of rotatable bonds is 8. The van der Waals surface area contributed by atoms with Crippen molar-refractivity contribution in [3.05, 3.63) is 113 Å². The van der Waals surface area contributed by atoms with Crippen LogP contribution in [0, 0.1) is 0 Å². The number of oxazole rings is 1. The standard InChI is InChI=1S/C28H19F6N5O2S/c29-27(30,31)19-9-4-6-17(12-19)14-35-25(40)22-15-41-23(36-22)16-42-26-38-37-24(18-7-2-1-3-8-18)39(26)21-11-5-10-20(13-21)28(32,33)34/h1-13,15H,14,16H2,(H,35,40). The van der Waals surface area contributed by atoms with Gasteiger partial charge in [0.15, 0.2) is 16.7 Å². The number of benzene rings is 3. The van der Waals surface area contributed by atoms with E-state index in [1.807, 2.05) is 0 Å². The fraction of sp³-hybridized carbons (Fsp3) is 0.143. The van der Waals surface area contributed by atoms with E-state index in [9.17, 15) is 31.1 Å². The van der Waals surface area contributed by atoms with Crippen LogP contribution < -0.4 is 5.32 Å². The first-order valence-corrected chi connectivity index (χ1v) is 13.2. The molecule has 42 heavy (non-hydrogen) atoms. The average Bonchev–Trinajstić information content (AvgIpc) is 3.62. The number of halogens is 6. The number of thioether (sulfide) groups is 1. The molecule has 0 saturated heterocycles. The molecule has 0 fully saturated rings. The minimum Gasteiger partial charge on any atom is -0.447 e. The van der Waals surface area contributed by atoms with E-state index in [4.69, 9.17) is 4.42 Å². The van der Waals surface area contributed by atoms with Crippen molar-refractivity contribution >= 4 is 17.7 Å². The van der Waals surface area contributed by atoms with E-state index in [2.05, 4.69) is 20.5 Å². The first kappa shape index (κ1) is 28.9. The van der Waals surface area contributed by atoms with Crippen LogP contribution in [0.1, 0.15) is 33.1 Å². The Hall–Kier alpha value is -4.59. The van der Waals surface area contributed by atoms with E-state index in [1.54, 1.807) is 30.3 Å². The molecule has 2 heterocycles. The number of alkyl halides is 6. The van der Waals surface area contributed by atoms with E-state index in [-0.39, 0.29) is 40.3 Å². The summed E-state index contributed by atoms with van der Waals surface area (Å²) in [4.78, 5) is 16.6. The van der Waals surface area contributed by atoms with Crippen LogP contribution in [0.25, 0.3) is 17.1 Å². The van der Waals surface area contributed by atoms with Gasteiger partial charge >= 0.3 is 12.4 Å². The summed E-state index contributed by atoms with van der Waals surface area (Å²) in [5.41, 5.74) is -0.689. The molecule has 0 unspecified atom stereocenters. The van der Waals surface area contributed by atoms with Gasteiger partial charge in [-0.25, -0.2) is 4.98 Å². The van der Waals surface area contributed by atoms with Crippen LogP contribution in [0.2, 0.25) is 0 Å². The normalized spacial score (nSPS) is 12.0. The minimum absolute atomic E-state index is 0.0484. The number of amides is 1. The van der Waals surface area contributed by atoms with E-state index < -0.39 is 29.4 Å². The van der Waals surface area contributed by atoms with Crippen LogP contribution in [0.4, 0.5) is 26.3 Å². The molecular formula is C28H19F6N5O2S. The highest BCUT2D eigenvalue weighted by Crippen LogP contribution is 2.34. The number of nitrogens with one attached hydrogen (secondary N) is 1. The number of hydrogen-bond acceptors (Lipinski definition) is 6. The lowest BCUT2D eigenvalue weighted by Gasteiger charge is -2.13. The second kappa shape index (κ2) is 11.7. The highest BCUT2D eigenvalue weighted by atomic mass is 32.2. The zero-order valence-electron chi connectivity index (χ0n) is 21.3. The molecule has 0 aliphatic rings. The Morgan fingerprint density at radius 3 is 2.26 bits per heavy atom. The Morgan fingerprint density at radius 1 is 0.857 bits per heavy atom. The third kappa shape index (κ3) is 6.65. The summed E-state index contributed by atoms with van der Waals surface area (Å²) < 4.78 is 86.0. The summed E-state index contributed by atoms with van der Waals surface area (Å²) in [5, 5.41) is 11.1. The number of carbonyl (C=O) groups is 1. The first-order chi connectivity index (χ1) is 20.0. The highest BCUT2D eigenvalue weighted by molar-refractivity contribution is 7.98. The molecule has 5 rings (SSSR count). The van der Waals surface area contributed by atoms with Gasteiger partial charge in [0, 0.05) is 12.1 Å². The number of carbonyl (C=O) groups excluding carboxylic acids is 1. The maximum Gasteiger partial charge on any atom is 0.416 e. The van der Waals surface area contributed by atoms with Gasteiger partial charge in [0.2, 0.25) is 5.89 Å². The van der Waals surface area contributed by atoms with Crippen molar-refractivity contribution in [2.45, 2.75) is 29.8 Å². The van der Waals surface area contributed by atoms with Crippen molar-refractivity contribution in [1.29, 1.82) is 0 Å². The molecule has 1 N–H and O–H groups in total. The molecule has 2 aromatic heterocycles.